The van der Waals surface area contributed by atoms with Gasteiger partial charge in [-0.3, -0.25) is 0 Å². The minimum Gasteiger partial charge on any atom is -0.397 e. The summed E-state index contributed by atoms with van der Waals surface area (Å²) in [6.45, 7) is 5.74. The summed E-state index contributed by atoms with van der Waals surface area (Å²) >= 11 is 5.85. The van der Waals surface area contributed by atoms with E-state index in [9.17, 15) is 0 Å². The zero-order valence-corrected chi connectivity index (χ0v) is 10.2. The fourth-order valence-electron chi connectivity index (χ4n) is 1.86. The number of ether oxygens (including phenoxy) is 1. The van der Waals surface area contributed by atoms with Gasteiger partial charge in [0, 0.05) is 18.8 Å². The number of hydrogen-bond donors (Lipinski definition) is 1. The van der Waals surface area contributed by atoms with E-state index in [0.717, 1.165) is 19.0 Å². The number of pyridine rings is 1. The Morgan fingerprint density at radius 2 is 2.31 bits per heavy atom. The van der Waals surface area contributed by atoms with Crippen LogP contribution in [0.4, 0.5) is 11.5 Å². The molecule has 0 amide bonds. The third-order valence-electron chi connectivity index (χ3n) is 3.05. The van der Waals surface area contributed by atoms with Gasteiger partial charge in [0.25, 0.3) is 0 Å². The van der Waals surface area contributed by atoms with Crippen LogP contribution in [0.1, 0.15) is 13.8 Å². The Bertz CT molecular complexity index is 385. The predicted molar refractivity (Wildman–Crippen MR) is 65.9 cm³/mol. The second-order valence-corrected chi connectivity index (χ2v) is 4.48. The third kappa shape index (κ3) is 2.08. The van der Waals surface area contributed by atoms with Crippen molar-refractivity contribution in [3.63, 3.8) is 0 Å². The topological polar surface area (TPSA) is 51.4 Å². The number of rotatable bonds is 1. The average Bonchev–Trinajstić information content (AvgIpc) is 2.26. The molecule has 4 nitrogen and oxygen atoms in total. The summed E-state index contributed by atoms with van der Waals surface area (Å²) in [7, 11) is 0. The number of aromatic nitrogens is 1. The van der Waals surface area contributed by atoms with Gasteiger partial charge >= 0.3 is 0 Å². The van der Waals surface area contributed by atoms with E-state index in [1.165, 1.54) is 0 Å². The molecule has 88 valence electrons. The molecule has 0 aromatic carbocycles. The van der Waals surface area contributed by atoms with E-state index in [4.69, 9.17) is 22.1 Å². The molecule has 0 aliphatic carbocycles. The molecule has 1 aromatic heterocycles. The number of halogens is 1. The van der Waals surface area contributed by atoms with Crippen LogP contribution in [0, 0.1) is 0 Å². The number of nitrogens with zero attached hydrogens (tertiary/aromatic N) is 2. The molecule has 5 heteroatoms. The Labute approximate surface area is 100 Å². The standard InChI is InChI=1S/C11H16ClN3O/c1-7-8(2)16-4-3-15(7)11-5-10(13)9(12)6-14-11/h5-8H,3-4H2,1-2H3,(H2,13,14). The fraction of sp³-hybridized carbons (Fsp3) is 0.545. The summed E-state index contributed by atoms with van der Waals surface area (Å²) in [5.74, 6) is 0.865. The summed E-state index contributed by atoms with van der Waals surface area (Å²) in [6.07, 6.45) is 1.80. The summed E-state index contributed by atoms with van der Waals surface area (Å²) in [5, 5.41) is 0.498. The van der Waals surface area contributed by atoms with Gasteiger partial charge in [-0.15, -0.1) is 0 Å². The molecule has 2 atom stereocenters. The molecule has 0 radical (unpaired) electrons. The lowest BCUT2D eigenvalue weighted by atomic mass is 10.1. The molecule has 2 unspecified atom stereocenters. The fourth-order valence-corrected chi connectivity index (χ4v) is 1.96. The van der Waals surface area contributed by atoms with Crippen LogP contribution >= 0.6 is 11.6 Å². The molecule has 1 aliphatic heterocycles. The summed E-state index contributed by atoms with van der Waals surface area (Å²) < 4.78 is 5.57. The van der Waals surface area contributed by atoms with Crippen molar-refractivity contribution in [1.29, 1.82) is 0 Å². The Morgan fingerprint density at radius 1 is 1.56 bits per heavy atom. The highest BCUT2D eigenvalue weighted by molar-refractivity contribution is 6.32. The molecular weight excluding hydrogens is 226 g/mol. The zero-order valence-electron chi connectivity index (χ0n) is 9.48. The highest BCUT2D eigenvalue weighted by Crippen LogP contribution is 2.25. The minimum atomic E-state index is 0.201. The van der Waals surface area contributed by atoms with Gasteiger partial charge < -0.3 is 15.4 Å². The van der Waals surface area contributed by atoms with E-state index in [2.05, 4.69) is 23.7 Å². The molecule has 1 saturated heterocycles. The van der Waals surface area contributed by atoms with E-state index < -0.39 is 0 Å². The highest BCUT2D eigenvalue weighted by atomic mass is 35.5. The normalized spacial score (nSPS) is 25.8. The molecule has 1 aliphatic rings. The second-order valence-electron chi connectivity index (χ2n) is 4.07. The number of hydrogen-bond acceptors (Lipinski definition) is 4. The summed E-state index contributed by atoms with van der Waals surface area (Å²) in [6, 6.07) is 2.11. The van der Waals surface area contributed by atoms with Crippen molar-refractivity contribution in [3.05, 3.63) is 17.3 Å². The Hall–Kier alpha value is -1.00. The maximum absolute atomic E-state index is 5.85. The quantitative estimate of drug-likeness (QED) is 0.816. The first-order valence-electron chi connectivity index (χ1n) is 5.39. The van der Waals surface area contributed by atoms with Gasteiger partial charge in [-0.2, -0.15) is 0 Å². The maximum Gasteiger partial charge on any atom is 0.131 e. The highest BCUT2D eigenvalue weighted by Gasteiger charge is 2.26. The Kier molecular flexibility index (Phi) is 3.21. The van der Waals surface area contributed by atoms with Crippen molar-refractivity contribution in [1.82, 2.24) is 4.98 Å². The summed E-state index contributed by atoms with van der Waals surface area (Å²) in [5.41, 5.74) is 6.35. The van der Waals surface area contributed by atoms with E-state index in [1.54, 1.807) is 6.20 Å². The lowest BCUT2D eigenvalue weighted by Gasteiger charge is -2.38. The van der Waals surface area contributed by atoms with Crippen LogP contribution < -0.4 is 10.6 Å². The molecular formula is C11H16ClN3O. The van der Waals surface area contributed by atoms with E-state index in [-0.39, 0.29) is 6.10 Å². The molecule has 16 heavy (non-hydrogen) atoms. The van der Waals surface area contributed by atoms with Crippen LogP contribution in [0.3, 0.4) is 0 Å². The minimum absolute atomic E-state index is 0.201. The smallest absolute Gasteiger partial charge is 0.131 e. The van der Waals surface area contributed by atoms with Crippen molar-refractivity contribution in [2.24, 2.45) is 0 Å². The van der Waals surface area contributed by atoms with Crippen molar-refractivity contribution in [2.75, 3.05) is 23.8 Å². The monoisotopic (exact) mass is 241 g/mol. The van der Waals surface area contributed by atoms with Crippen LogP contribution in [0.5, 0.6) is 0 Å². The van der Waals surface area contributed by atoms with Gasteiger partial charge in [-0.05, 0) is 13.8 Å². The van der Waals surface area contributed by atoms with Gasteiger partial charge in [-0.25, -0.2) is 4.98 Å². The van der Waals surface area contributed by atoms with Crippen molar-refractivity contribution < 1.29 is 4.74 Å². The number of morpholine rings is 1. The van der Waals surface area contributed by atoms with E-state index in [1.807, 2.05) is 6.07 Å². The molecule has 0 spiro atoms. The first-order chi connectivity index (χ1) is 7.59. The van der Waals surface area contributed by atoms with Crippen LogP contribution in [0.25, 0.3) is 0 Å². The van der Waals surface area contributed by atoms with Gasteiger partial charge in [0.15, 0.2) is 0 Å². The van der Waals surface area contributed by atoms with E-state index >= 15 is 0 Å². The van der Waals surface area contributed by atoms with E-state index in [0.29, 0.717) is 16.8 Å². The lowest BCUT2D eigenvalue weighted by molar-refractivity contribution is 0.0281. The van der Waals surface area contributed by atoms with Gasteiger partial charge in [0.05, 0.1) is 29.5 Å². The van der Waals surface area contributed by atoms with Crippen molar-refractivity contribution in [3.8, 4) is 0 Å². The molecule has 2 N–H and O–H groups in total. The Morgan fingerprint density at radius 3 is 3.00 bits per heavy atom. The molecule has 2 rings (SSSR count). The van der Waals surface area contributed by atoms with Gasteiger partial charge in [-0.1, -0.05) is 11.6 Å². The molecule has 0 bridgehead atoms. The first-order valence-corrected chi connectivity index (χ1v) is 5.76. The van der Waals surface area contributed by atoms with Crippen LogP contribution in [0.2, 0.25) is 5.02 Å². The number of anilines is 2. The molecule has 2 heterocycles. The van der Waals surface area contributed by atoms with Gasteiger partial charge in [0.2, 0.25) is 0 Å². The summed E-state index contributed by atoms with van der Waals surface area (Å²) in [4.78, 5) is 6.50. The maximum atomic E-state index is 5.85. The number of nitrogen functional groups attached to an aromatic ring is 1. The SMILES string of the molecule is CC1OCCN(c2cc(N)c(Cl)cn2)C1C. The Balaban J connectivity index is 2.25. The van der Waals surface area contributed by atoms with Crippen LogP contribution in [0.15, 0.2) is 12.3 Å². The van der Waals surface area contributed by atoms with Crippen molar-refractivity contribution in [2.45, 2.75) is 26.0 Å². The zero-order chi connectivity index (χ0) is 11.7. The lowest BCUT2D eigenvalue weighted by Crippen LogP contribution is -2.49. The van der Waals surface area contributed by atoms with Crippen LogP contribution in [-0.4, -0.2) is 30.3 Å². The van der Waals surface area contributed by atoms with Crippen LogP contribution in [-0.2, 0) is 4.74 Å². The average molecular weight is 242 g/mol. The van der Waals surface area contributed by atoms with Gasteiger partial charge in [0.1, 0.15) is 5.82 Å². The molecule has 0 saturated carbocycles. The third-order valence-corrected chi connectivity index (χ3v) is 3.36. The first kappa shape index (κ1) is 11.5. The largest absolute Gasteiger partial charge is 0.397 e. The molecule has 1 fully saturated rings. The van der Waals surface area contributed by atoms with Crippen molar-refractivity contribution >= 4 is 23.1 Å². The number of nitrogens with two attached hydrogens (primary N) is 1. The second kappa shape index (κ2) is 4.47. The predicted octanol–water partition coefficient (Wildman–Crippen LogP) is 1.93. The molecule has 1 aromatic rings.